The minimum absolute atomic E-state index is 0.132. The number of allylic oxidation sites excluding steroid dienone is 4. The summed E-state index contributed by atoms with van der Waals surface area (Å²) in [6, 6.07) is 17.8. The largest absolute Gasteiger partial charge is 0.497 e. The number of halogens is 3. The Morgan fingerprint density at radius 3 is 2.50 bits per heavy atom. The Balaban J connectivity index is 1.54. The van der Waals surface area contributed by atoms with Gasteiger partial charge in [0.2, 0.25) is 11.8 Å². The minimum Gasteiger partial charge on any atom is -0.497 e. The van der Waals surface area contributed by atoms with Crippen LogP contribution in [0.2, 0.25) is 5.02 Å². The van der Waals surface area contributed by atoms with E-state index in [4.69, 9.17) is 32.7 Å². The van der Waals surface area contributed by atoms with Crippen LogP contribution in [0.1, 0.15) is 30.0 Å². The summed E-state index contributed by atoms with van der Waals surface area (Å²) in [5, 5.41) is 7.49. The van der Waals surface area contributed by atoms with Crippen LogP contribution in [0.25, 0.3) is 0 Å². The molecule has 1 saturated heterocycles. The Kier molecular flexibility index (Phi) is 7.31. The van der Waals surface area contributed by atoms with E-state index in [-0.39, 0.29) is 30.1 Å². The monoisotopic (exact) mass is 686 g/mol. The molecule has 40 heavy (non-hydrogen) atoms. The van der Waals surface area contributed by atoms with E-state index in [0.717, 1.165) is 9.13 Å². The molecule has 0 radical (unpaired) electrons. The van der Waals surface area contributed by atoms with Gasteiger partial charge in [0.05, 0.1) is 13.2 Å². The van der Waals surface area contributed by atoms with Crippen molar-refractivity contribution in [1.82, 2.24) is 5.32 Å². The van der Waals surface area contributed by atoms with E-state index >= 15 is 0 Å². The zero-order chi connectivity index (χ0) is 28.0. The number of rotatable bonds is 5. The van der Waals surface area contributed by atoms with Gasteiger partial charge in [0.25, 0.3) is 0 Å². The van der Waals surface area contributed by atoms with Gasteiger partial charge >= 0.3 is 0 Å². The summed E-state index contributed by atoms with van der Waals surface area (Å²) in [6.07, 6.45) is 6.53. The number of anilines is 1. The number of hydrogen-bond donors (Lipinski definition) is 2. The summed E-state index contributed by atoms with van der Waals surface area (Å²) < 4.78 is 12.6. The predicted octanol–water partition coefficient (Wildman–Crippen LogP) is 7.51. The van der Waals surface area contributed by atoms with Crippen LogP contribution in [0.5, 0.6) is 17.2 Å². The van der Waals surface area contributed by atoms with Crippen LogP contribution >= 0.6 is 45.8 Å². The fraction of sp³-hybridized carbons (Fsp3) is 0.226. The van der Waals surface area contributed by atoms with Crippen LogP contribution in [-0.4, -0.2) is 18.9 Å². The van der Waals surface area contributed by atoms with Gasteiger partial charge in [-0.05, 0) is 107 Å². The first kappa shape index (κ1) is 27.2. The number of piperidine rings is 1. The van der Waals surface area contributed by atoms with Crippen molar-refractivity contribution >= 4 is 63.3 Å². The molecule has 2 aliphatic heterocycles. The molecule has 1 fully saturated rings. The van der Waals surface area contributed by atoms with Crippen LogP contribution in [0, 0.1) is 15.4 Å². The molecule has 6 nitrogen and oxygen atoms in total. The van der Waals surface area contributed by atoms with Crippen molar-refractivity contribution in [2.24, 2.45) is 11.8 Å². The van der Waals surface area contributed by atoms with Crippen molar-refractivity contribution in [3.63, 3.8) is 0 Å². The molecule has 1 spiro atoms. The fourth-order valence-corrected chi connectivity index (χ4v) is 7.19. The summed E-state index contributed by atoms with van der Waals surface area (Å²) in [4.78, 5) is 27.8. The van der Waals surface area contributed by atoms with Crippen molar-refractivity contribution in [3.05, 3.63) is 104 Å². The zero-order valence-electron chi connectivity index (χ0n) is 21.4. The van der Waals surface area contributed by atoms with Crippen molar-refractivity contribution in [1.29, 1.82) is 0 Å². The first-order valence-electron chi connectivity index (χ1n) is 12.8. The maximum atomic E-state index is 14.3. The van der Waals surface area contributed by atoms with E-state index in [1.165, 1.54) is 0 Å². The standard InChI is InChI=1S/C31H25Cl2IN2O4/c1-39-21-7-9-22(10-8-21)40-27-12-6-20(34)15-23(27)29-31(24-11-5-19(33)14-26(24)35-30(31)38)25(16-28(37)36-29)17-3-2-4-18(32)13-17/h2-12,14-15,17,25,29H,13,16H2,1H3,(H,35,38)(H,36,37)/t17-,25?,29+,31+/m1/s1. The average Bonchev–Trinajstić information content (AvgIpc) is 3.22. The van der Waals surface area contributed by atoms with Crippen molar-refractivity contribution in [2.75, 3.05) is 12.4 Å². The Bertz CT molecular complexity index is 1570. The van der Waals surface area contributed by atoms with Gasteiger partial charge in [-0.15, -0.1) is 0 Å². The number of amides is 2. The van der Waals surface area contributed by atoms with E-state index in [0.29, 0.717) is 45.0 Å². The number of carbonyl (C=O) groups excluding carboxylic acids is 2. The smallest absolute Gasteiger partial charge is 0.237 e. The molecule has 0 aromatic heterocycles. The molecule has 204 valence electrons. The zero-order valence-corrected chi connectivity index (χ0v) is 25.1. The summed E-state index contributed by atoms with van der Waals surface area (Å²) in [6.45, 7) is 0. The number of nitrogens with one attached hydrogen (secondary N) is 2. The molecule has 4 atom stereocenters. The molecule has 1 unspecified atom stereocenters. The molecule has 2 N–H and O–H groups in total. The predicted molar refractivity (Wildman–Crippen MR) is 164 cm³/mol. The summed E-state index contributed by atoms with van der Waals surface area (Å²) in [7, 11) is 1.61. The SMILES string of the molecule is COc1ccc(Oc2ccc(I)cc2[C@@H]2NC(=O)CC([C@@H]3C=CC=C(Cl)C3)[C@]23C(=O)Nc2cc(Cl)ccc23)cc1. The third-order valence-corrected chi connectivity index (χ3v) is 9.14. The van der Waals surface area contributed by atoms with Gasteiger partial charge in [-0.25, -0.2) is 0 Å². The quantitative estimate of drug-likeness (QED) is 0.273. The van der Waals surface area contributed by atoms with E-state index in [9.17, 15) is 9.59 Å². The first-order valence-corrected chi connectivity index (χ1v) is 14.7. The van der Waals surface area contributed by atoms with Gasteiger partial charge in [0, 0.05) is 31.3 Å². The van der Waals surface area contributed by atoms with Gasteiger partial charge in [0.1, 0.15) is 22.7 Å². The molecule has 3 aliphatic rings. The highest BCUT2D eigenvalue weighted by Crippen LogP contribution is 2.58. The summed E-state index contributed by atoms with van der Waals surface area (Å²) in [5.74, 6) is 1.03. The van der Waals surface area contributed by atoms with Gasteiger partial charge in [-0.2, -0.15) is 0 Å². The van der Waals surface area contributed by atoms with Gasteiger partial charge in [-0.1, -0.05) is 41.4 Å². The molecule has 3 aromatic carbocycles. The molecule has 6 rings (SSSR count). The highest BCUT2D eigenvalue weighted by Gasteiger charge is 2.62. The molecule has 0 saturated carbocycles. The van der Waals surface area contributed by atoms with Gasteiger partial charge in [0.15, 0.2) is 0 Å². The molecule has 2 heterocycles. The summed E-state index contributed by atoms with van der Waals surface area (Å²) >= 11 is 15.1. The number of methoxy groups -OCH3 is 1. The average molecular weight is 687 g/mol. The lowest BCUT2D eigenvalue weighted by Crippen LogP contribution is -2.59. The van der Waals surface area contributed by atoms with Crippen molar-refractivity contribution in [3.8, 4) is 17.2 Å². The van der Waals surface area contributed by atoms with E-state index in [1.807, 2.05) is 60.7 Å². The minimum atomic E-state index is -1.14. The third-order valence-electron chi connectivity index (χ3n) is 7.96. The van der Waals surface area contributed by atoms with Crippen LogP contribution in [-0.2, 0) is 15.0 Å². The normalized spacial score (nSPS) is 25.2. The Morgan fingerprint density at radius 2 is 1.75 bits per heavy atom. The lowest BCUT2D eigenvalue weighted by Gasteiger charge is -2.49. The molecule has 1 aliphatic carbocycles. The number of benzene rings is 3. The van der Waals surface area contributed by atoms with E-state index in [2.05, 4.69) is 39.3 Å². The fourth-order valence-electron chi connectivity index (χ4n) is 6.25. The number of ether oxygens (including phenoxy) is 2. The number of hydrogen-bond acceptors (Lipinski definition) is 4. The highest BCUT2D eigenvalue weighted by atomic mass is 127. The maximum absolute atomic E-state index is 14.3. The molecule has 2 amide bonds. The van der Waals surface area contributed by atoms with Crippen LogP contribution < -0.4 is 20.1 Å². The second-order valence-electron chi connectivity index (χ2n) is 10.2. The Labute approximate surface area is 255 Å². The Morgan fingerprint density at radius 1 is 0.975 bits per heavy atom. The molecule has 9 heteroatoms. The lowest BCUT2D eigenvalue weighted by molar-refractivity contribution is -0.135. The Hall–Kier alpha value is -3.01. The molecular formula is C31H25Cl2IN2O4. The first-order chi connectivity index (χ1) is 19.3. The lowest BCUT2D eigenvalue weighted by atomic mass is 9.57. The maximum Gasteiger partial charge on any atom is 0.237 e. The van der Waals surface area contributed by atoms with Crippen LogP contribution in [0.4, 0.5) is 5.69 Å². The number of fused-ring (bicyclic) bond motifs is 2. The highest BCUT2D eigenvalue weighted by molar-refractivity contribution is 14.1. The molecule has 3 aromatic rings. The van der Waals surface area contributed by atoms with Crippen molar-refractivity contribution in [2.45, 2.75) is 24.3 Å². The third kappa shape index (κ3) is 4.67. The van der Waals surface area contributed by atoms with Crippen LogP contribution in [0.15, 0.2) is 83.9 Å². The van der Waals surface area contributed by atoms with Gasteiger partial charge < -0.3 is 20.1 Å². The van der Waals surface area contributed by atoms with Crippen molar-refractivity contribution < 1.29 is 19.1 Å². The van der Waals surface area contributed by atoms with E-state index < -0.39 is 11.5 Å². The number of carbonyl (C=O) groups is 2. The molecular weight excluding hydrogens is 662 g/mol. The second kappa shape index (κ2) is 10.8. The van der Waals surface area contributed by atoms with E-state index in [1.54, 1.807) is 19.2 Å². The molecule has 0 bridgehead atoms. The second-order valence-corrected chi connectivity index (χ2v) is 12.3. The van der Waals surface area contributed by atoms with Gasteiger partial charge in [-0.3, -0.25) is 9.59 Å². The van der Waals surface area contributed by atoms with Crippen LogP contribution in [0.3, 0.4) is 0 Å². The topological polar surface area (TPSA) is 76.7 Å². The summed E-state index contributed by atoms with van der Waals surface area (Å²) in [5.41, 5.74) is 1.01.